The third-order valence-electron chi connectivity index (χ3n) is 3.14. The largest absolute Gasteiger partial charge is 0.273 e. The van der Waals surface area contributed by atoms with Gasteiger partial charge in [-0.3, -0.25) is 10.1 Å². The van der Waals surface area contributed by atoms with Gasteiger partial charge in [-0.15, -0.1) is 6.58 Å². The van der Waals surface area contributed by atoms with Crippen LogP contribution in [-0.2, 0) is 0 Å². The molecule has 84 valence electrons. The Kier molecular flexibility index (Phi) is 2.77. The van der Waals surface area contributed by atoms with Crippen molar-refractivity contribution >= 4 is 5.69 Å². The molecule has 0 aromatic heterocycles. The molecule has 0 aliphatic heterocycles. The maximum absolute atomic E-state index is 10.9. The molecule has 0 spiro atoms. The molecule has 3 heteroatoms. The molecule has 0 N–H and O–H groups in total. The molecule has 0 radical (unpaired) electrons. The number of nitro groups is 1. The fourth-order valence-electron chi connectivity index (χ4n) is 1.90. The van der Waals surface area contributed by atoms with Gasteiger partial charge in [0.1, 0.15) is 0 Å². The first kappa shape index (κ1) is 10.9. The first-order valence-electron chi connectivity index (χ1n) is 5.54. The molecule has 1 aliphatic carbocycles. The van der Waals surface area contributed by atoms with Crippen LogP contribution in [0, 0.1) is 10.1 Å². The maximum Gasteiger partial charge on any atom is 0.273 e. The van der Waals surface area contributed by atoms with Crippen molar-refractivity contribution in [1.82, 2.24) is 0 Å². The Labute approximate surface area is 94.9 Å². The topological polar surface area (TPSA) is 43.1 Å². The normalized spacial score (nSPS) is 16.8. The van der Waals surface area contributed by atoms with E-state index in [0.717, 1.165) is 5.56 Å². The van der Waals surface area contributed by atoms with Gasteiger partial charge in [0.25, 0.3) is 5.69 Å². The van der Waals surface area contributed by atoms with Crippen LogP contribution < -0.4 is 0 Å². The lowest BCUT2D eigenvalue weighted by Crippen LogP contribution is -1.99. The van der Waals surface area contributed by atoms with E-state index in [4.69, 9.17) is 0 Å². The predicted octanol–water partition coefficient (Wildman–Crippen LogP) is 3.76. The van der Waals surface area contributed by atoms with Crippen LogP contribution in [0.25, 0.3) is 0 Å². The standard InChI is InChI=1S/C13H15NO2/c1-3-9(2)12-8-11(10-4-5-10)6-7-13(12)14(15)16/h3,6-10H,1,4-5H2,2H3. The average Bonchev–Trinajstić information content (AvgIpc) is 3.11. The first-order valence-corrected chi connectivity index (χ1v) is 5.54. The molecule has 1 saturated carbocycles. The number of nitrogens with zero attached hydrogens (tertiary/aromatic N) is 1. The van der Waals surface area contributed by atoms with Crippen LogP contribution >= 0.6 is 0 Å². The van der Waals surface area contributed by atoms with Crippen LogP contribution in [0.4, 0.5) is 5.69 Å². The van der Waals surface area contributed by atoms with Crippen LogP contribution in [-0.4, -0.2) is 4.92 Å². The highest BCUT2D eigenvalue weighted by Gasteiger charge is 2.26. The van der Waals surface area contributed by atoms with Crippen molar-refractivity contribution in [3.63, 3.8) is 0 Å². The summed E-state index contributed by atoms with van der Waals surface area (Å²) in [6.45, 7) is 5.64. The summed E-state index contributed by atoms with van der Waals surface area (Å²) in [6.07, 6.45) is 4.17. The smallest absolute Gasteiger partial charge is 0.258 e. The number of allylic oxidation sites excluding steroid dienone is 1. The summed E-state index contributed by atoms with van der Waals surface area (Å²) in [7, 11) is 0. The minimum atomic E-state index is -0.313. The fourth-order valence-corrected chi connectivity index (χ4v) is 1.90. The highest BCUT2D eigenvalue weighted by atomic mass is 16.6. The van der Waals surface area contributed by atoms with Crippen molar-refractivity contribution < 1.29 is 4.92 Å². The molecule has 16 heavy (non-hydrogen) atoms. The van der Waals surface area contributed by atoms with E-state index in [-0.39, 0.29) is 16.5 Å². The first-order chi connectivity index (χ1) is 7.63. The minimum absolute atomic E-state index is 0.0269. The third-order valence-corrected chi connectivity index (χ3v) is 3.14. The van der Waals surface area contributed by atoms with Crippen LogP contribution in [0.15, 0.2) is 30.9 Å². The molecule has 0 bridgehead atoms. The highest BCUT2D eigenvalue weighted by Crippen LogP contribution is 2.42. The number of benzene rings is 1. The molecule has 0 saturated heterocycles. The van der Waals surface area contributed by atoms with Crippen LogP contribution in [0.3, 0.4) is 0 Å². The van der Waals surface area contributed by atoms with Gasteiger partial charge in [-0.2, -0.15) is 0 Å². The van der Waals surface area contributed by atoms with E-state index >= 15 is 0 Å². The molecule has 1 aromatic rings. The maximum atomic E-state index is 10.9. The SMILES string of the molecule is C=CC(C)c1cc(C2CC2)ccc1[N+](=O)[O-]. The van der Waals surface area contributed by atoms with Crippen LogP contribution in [0.2, 0.25) is 0 Å². The minimum Gasteiger partial charge on any atom is -0.258 e. The van der Waals surface area contributed by atoms with Gasteiger partial charge >= 0.3 is 0 Å². The molecule has 0 amide bonds. The zero-order valence-electron chi connectivity index (χ0n) is 9.35. The van der Waals surface area contributed by atoms with E-state index in [1.165, 1.54) is 18.4 Å². The van der Waals surface area contributed by atoms with Gasteiger partial charge < -0.3 is 0 Å². The van der Waals surface area contributed by atoms with Crippen molar-refractivity contribution in [2.45, 2.75) is 31.6 Å². The monoisotopic (exact) mass is 217 g/mol. The quantitative estimate of drug-likeness (QED) is 0.438. The van der Waals surface area contributed by atoms with E-state index in [9.17, 15) is 10.1 Å². The lowest BCUT2D eigenvalue weighted by atomic mass is 9.96. The molecule has 1 atom stereocenters. The molecule has 1 aliphatic rings. The summed E-state index contributed by atoms with van der Waals surface area (Å²) in [6, 6.07) is 5.49. The Bertz CT molecular complexity index is 436. The highest BCUT2D eigenvalue weighted by molar-refractivity contribution is 5.47. The second kappa shape index (κ2) is 4.08. The molecule has 3 nitrogen and oxygen atoms in total. The molecular formula is C13H15NO2. The summed E-state index contributed by atoms with van der Waals surface area (Å²) in [5.74, 6) is 0.649. The summed E-state index contributed by atoms with van der Waals surface area (Å²) in [5, 5.41) is 10.9. The van der Waals surface area contributed by atoms with Gasteiger partial charge in [-0.05, 0) is 30.4 Å². The lowest BCUT2D eigenvalue weighted by molar-refractivity contribution is -0.385. The Balaban J connectivity index is 2.45. The van der Waals surface area contributed by atoms with Crippen molar-refractivity contribution in [3.05, 3.63) is 52.1 Å². The van der Waals surface area contributed by atoms with Crippen molar-refractivity contribution in [3.8, 4) is 0 Å². The van der Waals surface area contributed by atoms with E-state index in [1.807, 2.05) is 19.1 Å². The number of hydrogen-bond acceptors (Lipinski definition) is 2. The molecule has 1 fully saturated rings. The molecule has 2 rings (SSSR count). The second-order valence-corrected chi connectivity index (χ2v) is 4.37. The molecule has 0 heterocycles. The van der Waals surface area contributed by atoms with Crippen LogP contribution in [0.1, 0.15) is 42.7 Å². The molecular weight excluding hydrogens is 202 g/mol. The van der Waals surface area contributed by atoms with E-state index in [0.29, 0.717) is 5.92 Å². The summed E-state index contributed by atoms with van der Waals surface area (Å²) in [5.41, 5.74) is 2.22. The van der Waals surface area contributed by atoms with Gasteiger partial charge in [0, 0.05) is 17.5 Å². The Morgan fingerprint density at radius 1 is 1.56 bits per heavy atom. The number of nitro benzene ring substituents is 1. The predicted molar refractivity (Wildman–Crippen MR) is 63.7 cm³/mol. The van der Waals surface area contributed by atoms with Crippen molar-refractivity contribution in [2.24, 2.45) is 0 Å². The van der Waals surface area contributed by atoms with Gasteiger partial charge in [0.15, 0.2) is 0 Å². The van der Waals surface area contributed by atoms with Gasteiger partial charge in [-0.25, -0.2) is 0 Å². The van der Waals surface area contributed by atoms with Gasteiger partial charge in [0.2, 0.25) is 0 Å². The summed E-state index contributed by atoms with van der Waals surface area (Å²) >= 11 is 0. The Morgan fingerprint density at radius 2 is 2.25 bits per heavy atom. The van der Waals surface area contributed by atoms with Gasteiger partial charge in [0.05, 0.1) is 4.92 Å². The zero-order valence-corrected chi connectivity index (χ0v) is 9.35. The third kappa shape index (κ3) is 1.98. The lowest BCUT2D eigenvalue weighted by Gasteiger charge is -2.09. The van der Waals surface area contributed by atoms with Crippen LogP contribution in [0.5, 0.6) is 0 Å². The Hall–Kier alpha value is -1.64. The number of rotatable bonds is 4. The van der Waals surface area contributed by atoms with E-state index < -0.39 is 0 Å². The van der Waals surface area contributed by atoms with E-state index in [1.54, 1.807) is 12.1 Å². The Morgan fingerprint density at radius 3 is 2.75 bits per heavy atom. The summed E-state index contributed by atoms with van der Waals surface area (Å²) in [4.78, 5) is 10.6. The van der Waals surface area contributed by atoms with E-state index in [2.05, 4.69) is 6.58 Å². The molecule has 1 unspecified atom stereocenters. The number of hydrogen-bond donors (Lipinski definition) is 0. The van der Waals surface area contributed by atoms with Crippen molar-refractivity contribution in [2.75, 3.05) is 0 Å². The fraction of sp³-hybridized carbons (Fsp3) is 0.385. The average molecular weight is 217 g/mol. The van der Waals surface area contributed by atoms with Crippen molar-refractivity contribution in [1.29, 1.82) is 0 Å². The van der Waals surface area contributed by atoms with Gasteiger partial charge in [-0.1, -0.05) is 19.1 Å². The zero-order chi connectivity index (χ0) is 11.7. The molecule has 1 aromatic carbocycles. The summed E-state index contributed by atoms with van der Waals surface area (Å²) < 4.78 is 0. The second-order valence-electron chi connectivity index (χ2n) is 4.37.